The Kier molecular flexibility index (Phi) is 3.89. The SMILES string of the molecule is O=C(C[C@@H](O)[C@H](O)CO)c1nccc2c1[nH]c1ccccc12. The van der Waals surface area contributed by atoms with Crippen LogP contribution in [0.1, 0.15) is 16.9 Å². The molecule has 0 aliphatic rings. The molecule has 0 saturated heterocycles. The van der Waals surface area contributed by atoms with E-state index in [-0.39, 0.29) is 12.1 Å². The van der Waals surface area contributed by atoms with Gasteiger partial charge < -0.3 is 20.3 Å². The minimum absolute atomic E-state index is 0.220. The Balaban J connectivity index is 2.02. The summed E-state index contributed by atoms with van der Waals surface area (Å²) in [5, 5.41) is 29.7. The third-order valence-corrected chi connectivity index (χ3v) is 3.72. The minimum atomic E-state index is -1.34. The van der Waals surface area contributed by atoms with E-state index < -0.39 is 24.6 Å². The molecule has 0 saturated carbocycles. The van der Waals surface area contributed by atoms with Crippen LogP contribution in [0.2, 0.25) is 0 Å². The van der Waals surface area contributed by atoms with Crippen LogP contribution in [0.3, 0.4) is 0 Å². The van der Waals surface area contributed by atoms with E-state index in [2.05, 4.69) is 9.97 Å². The van der Waals surface area contributed by atoms with Crippen LogP contribution < -0.4 is 0 Å². The van der Waals surface area contributed by atoms with Gasteiger partial charge in [0.1, 0.15) is 11.8 Å². The summed E-state index contributed by atoms with van der Waals surface area (Å²) in [6.45, 7) is -0.599. The molecule has 0 unspecified atom stereocenters. The quantitative estimate of drug-likeness (QED) is 0.526. The summed E-state index contributed by atoms with van der Waals surface area (Å²) < 4.78 is 0. The van der Waals surface area contributed by atoms with Crippen LogP contribution in [0.5, 0.6) is 0 Å². The Morgan fingerprint density at radius 1 is 1.14 bits per heavy atom. The molecule has 2 aromatic heterocycles. The second-order valence-electron chi connectivity index (χ2n) is 5.20. The van der Waals surface area contributed by atoms with E-state index in [0.717, 1.165) is 16.3 Å². The number of benzene rings is 1. The van der Waals surface area contributed by atoms with Crippen molar-refractivity contribution < 1.29 is 20.1 Å². The average molecular weight is 300 g/mol. The average Bonchev–Trinajstić information content (AvgIpc) is 2.92. The molecule has 6 nitrogen and oxygen atoms in total. The molecule has 1 aromatic carbocycles. The van der Waals surface area contributed by atoms with Gasteiger partial charge in [-0.15, -0.1) is 0 Å². The lowest BCUT2D eigenvalue weighted by atomic mass is 10.0. The molecule has 0 amide bonds. The van der Waals surface area contributed by atoms with Crippen molar-refractivity contribution in [2.45, 2.75) is 18.6 Å². The molecule has 4 N–H and O–H groups in total. The Morgan fingerprint density at radius 2 is 1.91 bits per heavy atom. The number of para-hydroxylation sites is 1. The zero-order valence-corrected chi connectivity index (χ0v) is 11.7. The smallest absolute Gasteiger partial charge is 0.186 e. The fourth-order valence-corrected chi connectivity index (χ4v) is 2.53. The van der Waals surface area contributed by atoms with Crippen molar-refractivity contribution >= 4 is 27.6 Å². The molecule has 3 rings (SSSR count). The second kappa shape index (κ2) is 5.84. The zero-order chi connectivity index (χ0) is 15.7. The summed E-state index contributed by atoms with van der Waals surface area (Å²) in [4.78, 5) is 19.6. The number of carbonyl (C=O) groups is 1. The number of hydrogen-bond donors (Lipinski definition) is 4. The second-order valence-corrected chi connectivity index (χ2v) is 5.20. The summed E-state index contributed by atoms with van der Waals surface area (Å²) in [5.74, 6) is -0.392. The van der Waals surface area contributed by atoms with Crippen molar-refractivity contribution in [1.29, 1.82) is 0 Å². The Hall–Kier alpha value is -2.28. The highest BCUT2D eigenvalue weighted by molar-refractivity contribution is 6.14. The fourth-order valence-electron chi connectivity index (χ4n) is 2.53. The Labute approximate surface area is 126 Å². The van der Waals surface area contributed by atoms with Crippen LogP contribution in [-0.2, 0) is 0 Å². The molecule has 0 radical (unpaired) electrons. The number of aromatic amines is 1. The molecule has 0 bridgehead atoms. The first-order valence-electron chi connectivity index (χ1n) is 6.97. The number of aliphatic hydroxyl groups is 3. The third kappa shape index (κ3) is 2.48. The molecule has 0 aliphatic carbocycles. The van der Waals surface area contributed by atoms with Crippen molar-refractivity contribution in [3.8, 4) is 0 Å². The van der Waals surface area contributed by atoms with Gasteiger partial charge in [0.05, 0.1) is 18.2 Å². The van der Waals surface area contributed by atoms with Gasteiger partial charge in [-0.2, -0.15) is 0 Å². The number of carbonyl (C=O) groups excluding carboxylic acids is 1. The highest BCUT2D eigenvalue weighted by Crippen LogP contribution is 2.27. The van der Waals surface area contributed by atoms with Crippen LogP contribution in [0.15, 0.2) is 36.5 Å². The van der Waals surface area contributed by atoms with Crippen LogP contribution >= 0.6 is 0 Å². The van der Waals surface area contributed by atoms with E-state index in [4.69, 9.17) is 5.11 Å². The van der Waals surface area contributed by atoms with E-state index in [1.807, 2.05) is 30.3 Å². The molecule has 22 heavy (non-hydrogen) atoms. The van der Waals surface area contributed by atoms with Crippen molar-refractivity contribution in [1.82, 2.24) is 9.97 Å². The number of fused-ring (bicyclic) bond motifs is 3. The summed E-state index contributed by atoms with van der Waals surface area (Å²) in [6.07, 6.45) is -1.42. The molecule has 6 heteroatoms. The van der Waals surface area contributed by atoms with E-state index in [0.29, 0.717) is 5.52 Å². The summed E-state index contributed by atoms with van der Waals surface area (Å²) in [7, 11) is 0. The van der Waals surface area contributed by atoms with Gasteiger partial charge in [0.2, 0.25) is 0 Å². The molecule has 2 atom stereocenters. The van der Waals surface area contributed by atoms with Gasteiger partial charge in [-0.25, -0.2) is 0 Å². The van der Waals surface area contributed by atoms with Gasteiger partial charge in [-0.1, -0.05) is 18.2 Å². The maximum absolute atomic E-state index is 12.3. The largest absolute Gasteiger partial charge is 0.394 e. The van der Waals surface area contributed by atoms with Gasteiger partial charge in [-0.05, 0) is 12.1 Å². The Morgan fingerprint density at radius 3 is 2.68 bits per heavy atom. The predicted octanol–water partition coefficient (Wildman–Crippen LogP) is 1.00. The van der Waals surface area contributed by atoms with Crippen LogP contribution in [0, 0.1) is 0 Å². The number of hydrogen-bond acceptors (Lipinski definition) is 5. The topological polar surface area (TPSA) is 106 Å². The first kappa shape index (κ1) is 14.6. The number of H-pyrrole nitrogens is 1. The monoisotopic (exact) mass is 300 g/mol. The number of ketones is 1. The number of pyridine rings is 1. The van der Waals surface area contributed by atoms with Gasteiger partial charge >= 0.3 is 0 Å². The number of Topliss-reactive ketones (excluding diaryl/α,β-unsaturated/α-hetero) is 1. The maximum atomic E-state index is 12.3. The number of aromatic nitrogens is 2. The lowest BCUT2D eigenvalue weighted by Crippen LogP contribution is -2.31. The predicted molar refractivity (Wildman–Crippen MR) is 81.6 cm³/mol. The zero-order valence-electron chi connectivity index (χ0n) is 11.7. The molecular weight excluding hydrogens is 284 g/mol. The molecule has 0 fully saturated rings. The summed E-state index contributed by atoms with van der Waals surface area (Å²) in [6, 6.07) is 9.50. The summed E-state index contributed by atoms with van der Waals surface area (Å²) >= 11 is 0. The van der Waals surface area contributed by atoms with Crippen molar-refractivity contribution in [3.05, 3.63) is 42.2 Å². The first-order chi connectivity index (χ1) is 10.6. The van der Waals surface area contributed by atoms with Crippen LogP contribution in [0.25, 0.3) is 21.8 Å². The van der Waals surface area contributed by atoms with Crippen LogP contribution in [0.4, 0.5) is 0 Å². The molecular formula is C16H16N2O4. The molecule has 2 heterocycles. The fraction of sp³-hybridized carbons (Fsp3) is 0.250. The summed E-state index contributed by atoms with van der Waals surface area (Å²) in [5.41, 5.74) is 1.73. The lowest BCUT2D eigenvalue weighted by Gasteiger charge is -2.14. The first-order valence-corrected chi connectivity index (χ1v) is 6.97. The van der Waals surface area contributed by atoms with Gasteiger partial charge in [0.25, 0.3) is 0 Å². The van der Waals surface area contributed by atoms with E-state index in [9.17, 15) is 15.0 Å². The molecule has 3 aromatic rings. The van der Waals surface area contributed by atoms with Crippen molar-refractivity contribution in [2.75, 3.05) is 6.61 Å². The number of nitrogens with one attached hydrogen (secondary N) is 1. The highest BCUT2D eigenvalue weighted by Gasteiger charge is 2.22. The van der Waals surface area contributed by atoms with Gasteiger partial charge in [-0.3, -0.25) is 9.78 Å². The molecule has 0 spiro atoms. The van der Waals surface area contributed by atoms with Crippen LogP contribution in [-0.4, -0.2) is 49.9 Å². The van der Waals surface area contributed by atoms with E-state index in [1.165, 1.54) is 0 Å². The third-order valence-electron chi connectivity index (χ3n) is 3.72. The highest BCUT2D eigenvalue weighted by atomic mass is 16.4. The lowest BCUT2D eigenvalue weighted by molar-refractivity contribution is -0.0147. The van der Waals surface area contributed by atoms with Gasteiger partial charge in [0, 0.05) is 28.9 Å². The number of aliphatic hydroxyl groups excluding tert-OH is 3. The van der Waals surface area contributed by atoms with E-state index >= 15 is 0 Å². The number of rotatable bonds is 5. The standard InChI is InChI=1S/C16H16N2O4/c19-8-14(22)12(20)7-13(21)16-15-10(5-6-17-16)9-3-1-2-4-11(9)18-15/h1-6,12,14,18-20,22H,7-8H2/t12-,14-/m1/s1. The maximum Gasteiger partial charge on any atom is 0.186 e. The van der Waals surface area contributed by atoms with Crippen molar-refractivity contribution in [3.63, 3.8) is 0 Å². The van der Waals surface area contributed by atoms with Crippen molar-refractivity contribution in [2.24, 2.45) is 0 Å². The molecule has 114 valence electrons. The Bertz CT molecular complexity index is 827. The van der Waals surface area contributed by atoms with E-state index in [1.54, 1.807) is 6.20 Å². The number of nitrogens with zero attached hydrogens (tertiary/aromatic N) is 1. The molecule has 0 aliphatic heterocycles. The van der Waals surface area contributed by atoms with Gasteiger partial charge in [0.15, 0.2) is 5.78 Å². The normalized spacial score (nSPS) is 14.3. The minimum Gasteiger partial charge on any atom is -0.394 e.